The SMILES string of the molecule is CCOC(=O)c1c(C)c2c([N+](=O)[O-])c(OC)ccc2n1C. The van der Waals surface area contributed by atoms with Crippen molar-refractivity contribution in [1.29, 1.82) is 0 Å². The molecule has 0 radical (unpaired) electrons. The van der Waals surface area contributed by atoms with Crippen LogP contribution in [0.2, 0.25) is 0 Å². The van der Waals surface area contributed by atoms with Crippen molar-refractivity contribution >= 4 is 22.6 Å². The molecule has 1 heterocycles. The average molecular weight is 292 g/mol. The summed E-state index contributed by atoms with van der Waals surface area (Å²) in [5, 5.41) is 11.8. The standard InChI is InChI=1S/C14H16N2O5/c1-5-21-14(17)12-8(2)11-9(15(12)3)6-7-10(20-4)13(11)16(18)19/h6-7H,5H2,1-4H3. The van der Waals surface area contributed by atoms with Gasteiger partial charge in [-0.1, -0.05) is 0 Å². The topological polar surface area (TPSA) is 83.6 Å². The van der Waals surface area contributed by atoms with E-state index in [4.69, 9.17) is 9.47 Å². The van der Waals surface area contributed by atoms with Crippen LogP contribution in [0.25, 0.3) is 10.9 Å². The van der Waals surface area contributed by atoms with Crippen molar-refractivity contribution in [2.75, 3.05) is 13.7 Å². The van der Waals surface area contributed by atoms with Gasteiger partial charge in [0, 0.05) is 7.05 Å². The molecule has 0 unspecified atom stereocenters. The van der Waals surface area contributed by atoms with Gasteiger partial charge in [-0.3, -0.25) is 10.1 Å². The van der Waals surface area contributed by atoms with Gasteiger partial charge in [0.05, 0.1) is 29.5 Å². The Morgan fingerprint density at radius 3 is 2.62 bits per heavy atom. The van der Waals surface area contributed by atoms with Gasteiger partial charge in [-0.15, -0.1) is 0 Å². The maximum absolute atomic E-state index is 12.0. The highest BCUT2D eigenvalue weighted by Gasteiger charge is 2.28. The summed E-state index contributed by atoms with van der Waals surface area (Å²) >= 11 is 0. The van der Waals surface area contributed by atoms with Crippen LogP contribution in [0.5, 0.6) is 5.75 Å². The first-order chi connectivity index (χ1) is 9.93. The number of carbonyl (C=O) groups is 1. The van der Waals surface area contributed by atoms with Crippen molar-refractivity contribution in [2.24, 2.45) is 7.05 Å². The Balaban J connectivity index is 2.86. The number of ether oxygens (including phenoxy) is 2. The van der Waals surface area contributed by atoms with E-state index in [9.17, 15) is 14.9 Å². The van der Waals surface area contributed by atoms with Crippen molar-refractivity contribution in [3.63, 3.8) is 0 Å². The van der Waals surface area contributed by atoms with Crippen molar-refractivity contribution in [2.45, 2.75) is 13.8 Å². The smallest absolute Gasteiger partial charge is 0.355 e. The summed E-state index contributed by atoms with van der Waals surface area (Å²) in [5.41, 5.74) is 1.27. The molecule has 0 fully saturated rings. The third-order valence-electron chi connectivity index (χ3n) is 3.42. The zero-order chi connectivity index (χ0) is 15.7. The van der Waals surface area contributed by atoms with Gasteiger partial charge in [-0.2, -0.15) is 0 Å². The number of aryl methyl sites for hydroxylation is 2. The molecule has 0 saturated carbocycles. The largest absolute Gasteiger partial charge is 0.490 e. The molecule has 0 amide bonds. The van der Waals surface area contributed by atoms with Crippen LogP contribution in [0.3, 0.4) is 0 Å². The van der Waals surface area contributed by atoms with Crippen LogP contribution in [-0.4, -0.2) is 29.2 Å². The molecule has 7 nitrogen and oxygen atoms in total. The summed E-state index contributed by atoms with van der Waals surface area (Å²) in [5.74, 6) is -0.335. The van der Waals surface area contributed by atoms with Crippen LogP contribution in [-0.2, 0) is 11.8 Å². The number of fused-ring (bicyclic) bond motifs is 1. The number of hydrogen-bond acceptors (Lipinski definition) is 5. The maximum Gasteiger partial charge on any atom is 0.355 e. The highest BCUT2D eigenvalue weighted by atomic mass is 16.6. The Morgan fingerprint density at radius 2 is 2.10 bits per heavy atom. The van der Waals surface area contributed by atoms with Gasteiger partial charge >= 0.3 is 11.7 Å². The lowest BCUT2D eigenvalue weighted by Crippen LogP contribution is -2.10. The van der Waals surface area contributed by atoms with Crippen LogP contribution in [0.1, 0.15) is 23.0 Å². The molecule has 0 saturated heterocycles. The van der Waals surface area contributed by atoms with Crippen LogP contribution in [0.4, 0.5) is 5.69 Å². The van der Waals surface area contributed by atoms with Crippen LogP contribution in [0, 0.1) is 17.0 Å². The number of methoxy groups -OCH3 is 1. The second-order valence-corrected chi connectivity index (χ2v) is 4.52. The van der Waals surface area contributed by atoms with Gasteiger partial charge in [-0.25, -0.2) is 4.79 Å². The summed E-state index contributed by atoms with van der Waals surface area (Å²) in [6.07, 6.45) is 0. The fraction of sp³-hybridized carbons (Fsp3) is 0.357. The fourth-order valence-corrected chi connectivity index (χ4v) is 2.54. The van der Waals surface area contributed by atoms with Crippen molar-refractivity contribution in [1.82, 2.24) is 4.57 Å². The number of benzene rings is 1. The Bertz CT molecular complexity index is 733. The lowest BCUT2D eigenvalue weighted by molar-refractivity contribution is -0.384. The summed E-state index contributed by atoms with van der Waals surface area (Å²) < 4.78 is 11.7. The van der Waals surface area contributed by atoms with Crippen LogP contribution in [0.15, 0.2) is 12.1 Å². The summed E-state index contributed by atoms with van der Waals surface area (Å²) in [6, 6.07) is 3.21. The molecule has 0 aliphatic heterocycles. The number of nitrogens with zero attached hydrogens (tertiary/aromatic N) is 2. The monoisotopic (exact) mass is 292 g/mol. The zero-order valence-corrected chi connectivity index (χ0v) is 12.3. The maximum atomic E-state index is 12.0. The summed E-state index contributed by atoms with van der Waals surface area (Å²) in [4.78, 5) is 22.9. The number of carbonyl (C=O) groups excluding carboxylic acids is 1. The minimum absolute atomic E-state index is 0.140. The first kappa shape index (κ1) is 14.8. The molecule has 0 aliphatic carbocycles. The van der Waals surface area contributed by atoms with E-state index >= 15 is 0 Å². The van der Waals surface area contributed by atoms with E-state index in [1.807, 2.05) is 0 Å². The minimum atomic E-state index is -0.498. The van der Waals surface area contributed by atoms with E-state index in [0.29, 0.717) is 22.2 Å². The molecular formula is C14H16N2O5. The second kappa shape index (κ2) is 5.43. The Hall–Kier alpha value is -2.57. The molecule has 0 aliphatic rings. The molecule has 0 atom stereocenters. The number of esters is 1. The van der Waals surface area contributed by atoms with E-state index in [-0.39, 0.29) is 18.0 Å². The highest BCUT2D eigenvalue weighted by Crippen LogP contribution is 2.39. The number of hydrogen-bond donors (Lipinski definition) is 0. The van der Waals surface area contributed by atoms with Crippen LogP contribution >= 0.6 is 0 Å². The Labute approximate surface area is 121 Å². The second-order valence-electron chi connectivity index (χ2n) is 4.52. The molecule has 2 rings (SSSR count). The zero-order valence-electron chi connectivity index (χ0n) is 12.3. The normalized spacial score (nSPS) is 10.7. The highest BCUT2D eigenvalue weighted by molar-refractivity contribution is 6.03. The molecule has 1 aromatic carbocycles. The van der Waals surface area contributed by atoms with Crippen LogP contribution < -0.4 is 4.74 Å². The number of aromatic nitrogens is 1. The first-order valence-electron chi connectivity index (χ1n) is 6.41. The average Bonchev–Trinajstić information content (AvgIpc) is 2.69. The third-order valence-corrected chi connectivity index (χ3v) is 3.42. The first-order valence-corrected chi connectivity index (χ1v) is 6.41. The predicted octanol–water partition coefficient (Wildman–Crippen LogP) is 2.58. The van der Waals surface area contributed by atoms with E-state index < -0.39 is 10.9 Å². The van der Waals surface area contributed by atoms with E-state index in [2.05, 4.69) is 0 Å². The molecule has 0 bridgehead atoms. The summed E-state index contributed by atoms with van der Waals surface area (Å²) in [7, 11) is 3.05. The fourth-order valence-electron chi connectivity index (χ4n) is 2.54. The molecule has 7 heteroatoms. The van der Waals surface area contributed by atoms with Gasteiger partial charge < -0.3 is 14.0 Å². The lowest BCUT2D eigenvalue weighted by atomic mass is 10.1. The Morgan fingerprint density at radius 1 is 1.43 bits per heavy atom. The molecule has 0 spiro atoms. The van der Waals surface area contributed by atoms with Crippen molar-refractivity contribution in [3.05, 3.63) is 33.5 Å². The van der Waals surface area contributed by atoms with E-state index in [0.717, 1.165) is 0 Å². The minimum Gasteiger partial charge on any atom is -0.490 e. The molecule has 2 aromatic rings. The van der Waals surface area contributed by atoms with Gasteiger partial charge in [0.15, 0.2) is 5.75 Å². The van der Waals surface area contributed by atoms with Gasteiger partial charge in [0.1, 0.15) is 5.69 Å². The lowest BCUT2D eigenvalue weighted by Gasteiger charge is -2.04. The molecule has 0 N–H and O–H groups in total. The number of rotatable bonds is 4. The number of nitro benzene ring substituents is 1. The van der Waals surface area contributed by atoms with Crippen molar-refractivity contribution < 1.29 is 19.2 Å². The molecular weight excluding hydrogens is 276 g/mol. The Kier molecular flexibility index (Phi) is 3.84. The molecule has 1 aromatic heterocycles. The predicted molar refractivity (Wildman–Crippen MR) is 76.8 cm³/mol. The quantitative estimate of drug-likeness (QED) is 0.491. The summed E-state index contributed by atoms with van der Waals surface area (Å²) in [6.45, 7) is 3.62. The van der Waals surface area contributed by atoms with Crippen molar-refractivity contribution in [3.8, 4) is 5.75 Å². The van der Waals surface area contributed by atoms with E-state index in [1.165, 1.54) is 13.2 Å². The van der Waals surface area contributed by atoms with Gasteiger partial charge in [0.25, 0.3) is 0 Å². The third kappa shape index (κ3) is 2.20. The van der Waals surface area contributed by atoms with Gasteiger partial charge in [-0.05, 0) is 31.5 Å². The van der Waals surface area contributed by atoms with Gasteiger partial charge in [0.2, 0.25) is 0 Å². The molecule has 21 heavy (non-hydrogen) atoms. The molecule has 112 valence electrons. The van der Waals surface area contributed by atoms with E-state index in [1.54, 1.807) is 31.5 Å². The number of nitro groups is 1.